The zero-order valence-electron chi connectivity index (χ0n) is 18.1. The fraction of sp³-hybridized carbons (Fsp3) is 0.565. The van der Waals surface area contributed by atoms with E-state index >= 15 is 0 Å². The molecule has 31 heavy (non-hydrogen) atoms. The lowest BCUT2D eigenvalue weighted by Gasteiger charge is -2.40. The summed E-state index contributed by atoms with van der Waals surface area (Å²) in [5.74, 6) is -0.603. The molecule has 0 aromatic heterocycles. The van der Waals surface area contributed by atoms with Crippen LogP contribution >= 0.6 is 0 Å². The summed E-state index contributed by atoms with van der Waals surface area (Å²) in [4.78, 5) is 52.9. The summed E-state index contributed by atoms with van der Waals surface area (Å²) in [5, 5.41) is 2.22. The van der Waals surface area contributed by atoms with Crippen molar-refractivity contribution < 1.29 is 19.2 Å². The summed E-state index contributed by atoms with van der Waals surface area (Å²) in [6.45, 7) is 6.72. The minimum absolute atomic E-state index is 0.113. The van der Waals surface area contributed by atoms with Crippen molar-refractivity contribution in [2.75, 3.05) is 13.1 Å². The van der Waals surface area contributed by atoms with Gasteiger partial charge in [-0.2, -0.15) is 0 Å². The van der Waals surface area contributed by atoms with E-state index in [1.165, 1.54) is 0 Å². The van der Waals surface area contributed by atoms with Gasteiger partial charge in [0.25, 0.3) is 11.8 Å². The fourth-order valence-corrected chi connectivity index (χ4v) is 5.04. The Morgan fingerprint density at radius 2 is 1.84 bits per heavy atom. The smallest absolute Gasteiger partial charge is 0.262 e. The normalized spacial score (nSPS) is 27.1. The van der Waals surface area contributed by atoms with E-state index in [0.717, 1.165) is 29.8 Å². The van der Waals surface area contributed by atoms with Gasteiger partial charge in [-0.3, -0.25) is 34.3 Å². The van der Waals surface area contributed by atoms with Crippen LogP contribution in [0.5, 0.6) is 0 Å². The number of hydrogen-bond donors (Lipinski definition) is 2. The lowest BCUT2D eigenvalue weighted by atomic mass is 9.82. The Kier molecular flexibility index (Phi) is 5.94. The number of benzene rings is 1. The third kappa shape index (κ3) is 4.02. The number of rotatable bonds is 5. The maximum atomic E-state index is 13.0. The minimum Gasteiger partial charge on any atom is -0.329 e. The Balaban J connectivity index is 1.51. The summed E-state index contributed by atoms with van der Waals surface area (Å²) in [5.41, 5.74) is 7.64. The third-order valence-electron chi connectivity index (χ3n) is 6.98. The number of nitrogens with one attached hydrogen (secondary N) is 1. The van der Waals surface area contributed by atoms with E-state index in [4.69, 9.17) is 5.73 Å². The summed E-state index contributed by atoms with van der Waals surface area (Å²) in [6.07, 6.45) is 2.47. The molecule has 3 aliphatic rings. The number of carbonyl (C=O) groups is 4. The van der Waals surface area contributed by atoms with Gasteiger partial charge in [-0.05, 0) is 55.3 Å². The Morgan fingerprint density at radius 1 is 1.10 bits per heavy atom. The molecule has 3 aliphatic heterocycles. The van der Waals surface area contributed by atoms with Crippen molar-refractivity contribution in [2.45, 2.75) is 58.2 Å². The quantitative estimate of drug-likeness (QED) is 0.686. The molecule has 0 radical (unpaired) electrons. The van der Waals surface area contributed by atoms with Gasteiger partial charge in [0, 0.05) is 25.6 Å². The SMILES string of the molecule is CC(C)[C@@H]1CCN(Cc2ccc3c(c2)C(=O)N(C2CCC(=O)NC2=O)C3=O)[C@H](CN)C1. The van der Waals surface area contributed by atoms with Crippen LogP contribution in [0.25, 0.3) is 0 Å². The summed E-state index contributed by atoms with van der Waals surface area (Å²) >= 11 is 0. The predicted molar refractivity (Wildman–Crippen MR) is 114 cm³/mol. The molecule has 2 saturated heterocycles. The van der Waals surface area contributed by atoms with Crippen molar-refractivity contribution in [3.63, 3.8) is 0 Å². The summed E-state index contributed by atoms with van der Waals surface area (Å²) < 4.78 is 0. The number of nitrogens with zero attached hydrogens (tertiary/aromatic N) is 2. The molecule has 0 saturated carbocycles. The van der Waals surface area contributed by atoms with Crippen molar-refractivity contribution in [3.8, 4) is 0 Å². The zero-order valence-corrected chi connectivity index (χ0v) is 18.1. The monoisotopic (exact) mass is 426 g/mol. The molecular formula is C23H30N4O4. The standard InChI is InChI=1S/C23H30N4O4/c1-13(2)15-7-8-26(16(10-15)11-24)12-14-3-4-17-18(9-14)23(31)27(22(17)30)19-5-6-20(28)25-21(19)29/h3-4,9,13,15-16,19H,5-8,10-12,24H2,1-2H3,(H,25,28,29)/t15-,16+,19?/m1/s1. The van der Waals surface area contributed by atoms with E-state index in [2.05, 4.69) is 24.1 Å². The number of piperidine rings is 2. The second kappa shape index (κ2) is 8.51. The van der Waals surface area contributed by atoms with Gasteiger partial charge in [-0.15, -0.1) is 0 Å². The molecule has 1 aromatic rings. The first-order chi connectivity index (χ1) is 14.8. The van der Waals surface area contributed by atoms with Gasteiger partial charge in [-0.25, -0.2) is 0 Å². The van der Waals surface area contributed by atoms with Crippen LogP contribution in [0, 0.1) is 11.8 Å². The fourth-order valence-electron chi connectivity index (χ4n) is 5.04. The minimum atomic E-state index is -0.940. The molecule has 3 atom stereocenters. The number of imide groups is 2. The molecule has 8 heteroatoms. The summed E-state index contributed by atoms with van der Waals surface area (Å²) in [6, 6.07) is 4.68. The van der Waals surface area contributed by atoms with Crippen LogP contribution in [0.15, 0.2) is 18.2 Å². The maximum absolute atomic E-state index is 13.0. The Morgan fingerprint density at radius 3 is 2.52 bits per heavy atom. The van der Waals surface area contributed by atoms with E-state index in [0.29, 0.717) is 42.1 Å². The predicted octanol–water partition coefficient (Wildman–Crippen LogP) is 1.28. The highest BCUT2D eigenvalue weighted by Gasteiger charge is 2.44. The van der Waals surface area contributed by atoms with E-state index in [1.54, 1.807) is 12.1 Å². The number of carbonyl (C=O) groups excluding carboxylic acids is 4. The van der Waals surface area contributed by atoms with Crippen LogP contribution in [-0.4, -0.2) is 58.6 Å². The van der Waals surface area contributed by atoms with Crippen LogP contribution in [0.3, 0.4) is 0 Å². The molecule has 3 N–H and O–H groups in total. The molecule has 3 heterocycles. The van der Waals surface area contributed by atoms with Gasteiger partial charge < -0.3 is 5.73 Å². The van der Waals surface area contributed by atoms with Crippen molar-refractivity contribution in [2.24, 2.45) is 17.6 Å². The molecule has 0 bridgehead atoms. The number of likely N-dealkylation sites (tertiary alicyclic amines) is 1. The molecule has 8 nitrogen and oxygen atoms in total. The number of nitrogens with two attached hydrogens (primary N) is 1. The van der Waals surface area contributed by atoms with Gasteiger partial charge in [0.1, 0.15) is 6.04 Å². The molecule has 1 unspecified atom stereocenters. The van der Waals surface area contributed by atoms with Gasteiger partial charge in [-0.1, -0.05) is 19.9 Å². The van der Waals surface area contributed by atoms with E-state index in [-0.39, 0.29) is 18.7 Å². The molecule has 4 rings (SSSR count). The van der Waals surface area contributed by atoms with Crippen LogP contribution in [0.1, 0.15) is 65.8 Å². The Hall–Kier alpha value is -2.58. The van der Waals surface area contributed by atoms with Crippen LogP contribution < -0.4 is 11.1 Å². The van der Waals surface area contributed by atoms with Crippen LogP contribution in [0.2, 0.25) is 0 Å². The van der Waals surface area contributed by atoms with Gasteiger partial charge in [0.05, 0.1) is 11.1 Å². The van der Waals surface area contributed by atoms with Gasteiger partial charge >= 0.3 is 0 Å². The lowest BCUT2D eigenvalue weighted by Crippen LogP contribution is -2.54. The Labute approximate surface area is 182 Å². The average Bonchev–Trinajstić information content (AvgIpc) is 2.98. The molecule has 1 aromatic carbocycles. The van der Waals surface area contributed by atoms with E-state index < -0.39 is 23.8 Å². The number of hydrogen-bond acceptors (Lipinski definition) is 6. The molecule has 166 valence electrons. The van der Waals surface area contributed by atoms with E-state index in [1.807, 2.05) is 6.07 Å². The van der Waals surface area contributed by atoms with E-state index in [9.17, 15) is 19.2 Å². The van der Waals surface area contributed by atoms with Crippen LogP contribution in [-0.2, 0) is 16.1 Å². The largest absolute Gasteiger partial charge is 0.329 e. The lowest BCUT2D eigenvalue weighted by molar-refractivity contribution is -0.136. The number of fused-ring (bicyclic) bond motifs is 1. The molecule has 0 spiro atoms. The van der Waals surface area contributed by atoms with Gasteiger partial charge in [0.2, 0.25) is 11.8 Å². The first-order valence-corrected chi connectivity index (χ1v) is 11.1. The highest BCUT2D eigenvalue weighted by atomic mass is 16.2. The first kappa shape index (κ1) is 21.6. The summed E-state index contributed by atoms with van der Waals surface area (Å²) in [7, 11) is 0. The van der Waals surface area contributed by atoms with Crippen molar-refractivity contribution in [1.29, 1.82) is 0 Å². The van der Waals surface area contributed by atoms with Crippen molar-refractivity contribution in [3.05, 3.63) is 34.9 Å². The molecule has 0 aliphatic carbocycles. The average molecular weight is 427 g/mol. The highest BCUT2D eigenvalue weighted by Crippen LogP contribution is 2.31. The maximum Gasteiger partial charge on any atom is 0.262 e. The highest BCUT2D eigenvalue weighted by molar-refractivity contribution is 6.23. The topological polar surface area (TPSA) is 113 Å². The molecule has 4 amide bonds. The van der Waals surface area contributed by atoms with Gasteiger partial charge in [0.15, 0.2) is 0 Å². The van der Waals surface area contributed by atoms with Crippen LogP contribution in [0.4, 0.5) is 0 Å². The Bertz CT molecular complexity index is 928. The molecular weight excluding hydrogens is 396 g/mol. The van der Waals surface area contributed by atoms with Crippen molar-refractivity contribution in [1.82, 2.24) is 15.1 Å². The number of amides is 4. The second-order valence-corrected chi connectivity index (χ2v) is 9.22. The first-order valence-electron chi connectivity index (χ1n) is 11.1. The second-order valence-electron chi connectivity index (χ2n) is 9.22. The third-order valence-corrected chi connectivity index (χ3v) is 6.98. The van der Waals surface area contributed by atoms with Crippen molar-refractivity contribution >= 4 is 23.6 Å². The molecule has 2 fully saturated rings. The zero-order chi connectivity index (χ0) is 22.3.